The molecule has 0 aliphatic heterocycles. The lowest BCUT2D eigenvalue weighted by molar-refractivity contribution is -0.274. The number of hydrogen-bond donors (Lipinski definition) is 4. The van der Waals surface area contributed by atoms with Gasteiger partial charge in [-0.3, -0.25) is 0 Å². The predicted octanol–water partition coefficient (Wildman–Crippen LogP) is 0.781. The van der Waals surface area contributed by atoms with E-state index in [1.54, 1.807) is 7.05 Å². The minimum absolute atomic E-state index is 0.0798. The highest BCUT2D eigenvalue weighted by Crippen LogP contribution is 2.31. The molecule has 0 bridgehead atoms. The second-order valence-corrected chi connectivity index (χ2v) is 3.91. The van der Waals surface area contributed by atoms with E-state index in [9.17, 15) is 23.4 Å². The average Bonchev–Trinajstić information content (AvgIpc) is 2.29. The number of alkyl halides is 3. The van der Waals surface area contributed by atoms with Crippen LogP contribution < -0.4 is 15.8 Å². The van der Waals surface area contributed by atoms with Crippen molar-refractivity contribution in [3.8, 4) is 5.75 Å². The van der Waals surface area contributed by atoms with Crippen molar-refractivity contribution < 1.29 is 28.1 Å². The molecule has 5 nitrogen and oxygen atoms in total. The third-order valence-corrected chi connectivity index (χ3v) is 2.38. The third-order valence-electron chi connectivity index (χ3n) is 2.38. The van der Waals surface area contributed by atoms with Gasteiger partial charge >= 0.3 is 6.36 Å². The lowest BCUT2D eigenvalue weighted by Crippen LogP contribution is -2.29. The van der Waals surface area contributed by atoms with Crippen LogP contribution in [0.25, 0.3) is 0 Å². The van der Waals surface area contributed by atoms with Crippen LogP contribution in [-0.4, -0.2) is 36.3 Å². The molecule has 0 saturated carbocycles. The standard InChI is InChI=1S/C11H15F3N2O3/c1-16-5-8(17)10(18)6-2-3-7(15)9(4-6)19-11(12,13)14/h2-4,8,10,16-18H,5,15H2,1H3. The van der Waals surface area contributed by atoms with Crippen LogP contribution in [0, 0.1) is 0 Å². The molecule has 0 aromatic heterocycles. The van der Waals surface area contributed by atoms with Crippen molar-refractivity contribution in [2.24, 2.45) is 0 Å². The quantitative estimate of drug-likeness (QED) is 0.599. The van der Waals surface area contributed by atoms with E-state index in [0.29, 0.717) is 0 Å². The van der Waals surface area contributed by atoms with Crippen LogP contribution in [0.1, 0.15) is 11.7 Å². The summed E-state index contributed by atoms with van der Waals surface area (Å²) >= 11 is 0. The monoisotopic (exact) mass is 280 g/mol. The van der Waals surface area contributed by atoms with E-state index < -0.39 is 24.3 Å². The zero-order valence-electron chi connectivity index (χ0n) is 10.1. The number of nitrogen functional groups attached to an aromatic ring is 1. The van der Waals surface area contributed by atoms with Gasteiger partial charge in [-0.1, -0.05) is 6.07 Å². The SMILES string of the molecule is CNCC(O)C(O)c1ccc(N)c(OC(F)(F)F)c1. The molecule has 2 unspecified atom stereocenters. The highest BCUT2D eigenvalue weighted by Gasteiger charge is 2.32. The average molecular weight is 280 g/mol. The van der Waals surface area contributed by atoms with E-state index in [4.69, 9.17) is 5.73 Å². The molecule has 0 heterocycles. The van der Waals surface area contributed by atoms with Gasteiger partial charge in [0.05, 0.1) is 11.8 Å². The summed E-state index contributed by atoms with van der Waals surface area (Å²) in [6, 6.07) is 3.44. The molecule has 1 rings (SSSR count). The fraction of sp³-hybridized carbons (Fsp3) is 0.455. The molecule has 0 fully saturated rings. The van der Waals surface area contributed by atoms with Crippen LogP contribution >= 0.6 is 0 Å². The number of aliphatic hydroxyl groups is 2. The Labute approximate surface area is 107 Å². The summed E-state index contributed by atoms with van der Waals surface area (Å²) in [5, 5.41) is 22.0. The summed E-state index contributed by atoms with van der Waals surface area (Å²) in [6.45, 7) is 0.0843. The fourth-order valence-electron chi connectivity index (χ4n) is 1.49. The molecule has 19 heavy (non-hydrogen) atoms. The maximum absolute atomic E-state index is 12.1. The number of aliphatic hydroxyl groups excluding tert-OH is 2. The van der Waals surface area contributed by atoms with Gasteiger partial charge in [0.25, 0.3) is 0 Å². The minimum Gasteiger partial charge on any atom is -0.404 e. The van der Waals surface area contributed by atoms with Crippen LogP contribution in [0.4, 0.5) is 18.9 Å². The van der Waals surface area contributed by atoms with Gasteiger partial charge in [0.2, 0.25) is 0 Å². The largest absolute Gasteiger partial charge is 0.573 e. The highest BCUT2D eigenvalue weighted by molar-refractivity contribution is 5.54. The maximum Gasteiger partial charge on any atom is 0.573 e. The Kier molecular flexibility index (Phi) is 4.98. The number of ether oxygens (including phenoxy) is 1. The van der Waals surface area contributed by atoms with E-state index in [2.05, 4.69) is 10.1 Å². The molecule has 1 aromatic carbocycles. The van der Waals surface area contributed by atoms with Gasteiger partial charge in [-0.15, -0.1) is 13.2 Å². The summed E-state index contributed by atoms with van der Waals surface area (Å²) in [5.74, 6) is -0.610. The van der Waals surface area contributed by atoms with Crippen molar-refractivity contribution in [2.45, 2.75) is 18.6 Å². The molecule has 108 valence electrons. The molecule has 0 saturated heterocycles. The first-order valence-electron chi connectivity index (χ1n) is 5.40. The Hall–Kier alpha value is -1.51. The number of benzene rings is 1. The number of anilines is 1. The van der Waals surface area contributed by atoms with Gasteiger partial charge < -0.3 is 26.0 Å². The molecular formula is C11H15F3N2O3. The lowest BCUT2D eigenvalue weighted by atomic mass is 10.0. The Morgan fingerprint density at radius 2 is 2.00 bits per heavy atom. The van der Waals surface area contributed by atoms with Crippen LogP contribution in [0.3, 0.4) is 0 Å². The second kappa shape index (κ2) is 6.09. The fourth-order valence-corrected chi connectivity index (χ4v) is 1.49. The van der Waals surface area contributed by atoms with Crippen molar-refractivity contribution in [3.63, 3.8) is 0 Å². The molecule has 8 heteroatoms. The van der Waals surface area contributed by atoms with E-state index in [-0.39, 0.29) is 17.8 Å². The molecule has 0 aliphatic carbocycles. The number of likely N-dealkylation sites (N-methyl/N-ethyl adjacent to an activating group) is 1. The Morgan fingerprint density at radius 1 is 1.37 bits per heavy atom. The first-order chi connectivity index (χ1) is 8.74. The first kappa shape index (κ1) is 15.5. The molecule has 5 N–H and O–H groups in total. The lowest BCUT2D eigenvalue weighted by Gasteiger charge is -2.19. The number of halogens is 3. The van der Waals surface area contributed by atoms with Crippen molar-refractivity contribution >= 4 is 5.69 Å². The van der Waals surface area contributed by atoms with Crippen LogP contribution in [0.15, 0.2) is 18.2 Å². The summed E-state index contributed by atoms with van der Waals surface area (Å²) in [7, 11) is 1.57. The Bertz CT molecular complexity index is 426. The van der Waals surface area contributed by atoms with Gasteiger partial charge in [-0.05, 0) is 24.7 Å². The van der Waals surface area contributed by atoms with Crippen molar-refractivity contribution in [2.75, 3.05) is 19.3 Å². The first-order valence-corrected chi connectivity index (χ1v) is 5.40. The Balaban J connectivity index is 2.95. The van der Waals surface area contributed by atoms with Gasteiger partial charge in [0.1, 0.15) is 6.10 Å². The normalized spacial score (nSPS) is 15.1. The summed E-state index contributed by atoms with van der Waals surface area (Å²) < 4.78 is 40.1. The zero-order valence-corrected chi connectivity index (χ0v) is 10.1. The third kappa shape index (κ3) is 4.58. The van der Waals surface area contributed by atoms with Crippen molar-refractivity contribution in [1.82, 2.24) is 5.32 Å². The van der Waals surface area contributed by atoms with E-state index in [1.165, 1.54) is 12.1 Å². The molecule has 2 atom stereocenters. The molecule has 0 aliphatic rings. The molecular weight excluding hydrogens is 265 g/mol. The minimum atomic E-state index is -4.87. The van der Waals surface area contributed by atoms with Crippen LogP contribution in [-0.2, 0) is 0 Å². The smallest absolute Gasteiger partial charge is 0.404 e. The molecule has 0 radical (unpaired) electrons. The van der Waals surface area contributed by atoms with Gasteiger partial charge in [-0.2, -0.15) is 0 Å². The number of nitrogens with one attached hydrogen (secondary N) is 1. The number of nitrogens with two attached hydrogens (primary N) is 1. The van der Waals surface area contributed by atoms with E-state index in [0.717, 1.165) is 6.07 Å². The molecule has 1 aromatic rings. The topological polar surface area (TPSA) is 87.7 Å². The van der Waals surface area contributed by atoms with E-state index in [1.807, 2.05) is 0 Å². The van der Waals surface area contributed by atoms with Gasteiger partial charge in [0.15, 0.2) is 5.75 Å². The van der Waals surface area contributed by atoms with Crippen LogP contribution in [0.2, 0.25) is 0 Å². The molecule has 0 spiro atoms. The molecule has 0 amide bonds. The second-order valence-electron chi connectivity index (χ2n) is 3.91. The summed E-state index contributed by atoms with van der Waals surface area (Å²) in [6.07, 6.45) is -7.38. The van der Waals surface area contributed by atoms with E-state index >= 15 is 0 Å². The zero-order chi connectivity index (χ0) is 14.6. The summed E-state index contributed by atoms with van der Waals surface area (Å²) in [5.41, 5.74) is 5.22. The number of rotatable bonds is 5. The van der Waals surface area contributed by atoms with Crippen LogP contribution in [0.5, 0.6) is 5.75 Å². The maximum atomic E-state index is 12.1. The van der Waals surface area contributed by atoms with Gasteiger partial charge in [-0.25, -0.2) is 0 Å². The Morgan fingerprint density at radius 3 is 2.53 bits per heavy atom. The van der Waals surface area contributed by atoms with Crippen molar-refractivity contribution in [3.05, 3.63) is 23.8 Å². The summed E-state index contributed by atoms with van der Waals surface area (Å²) in [4.78, 5) is 0. The highest BCUT2D eigenvalue weighted by atomic mass is 19.4. The predicted molar refractivity (Wildman–Crippen MR) is 62.4 cm³/mol. The number of hydrogen-bond acceptors (Lipinski definition) is 5. The van der Waals surface area contributed by atoms with Gasteiger partial charge in [0, 0.05) is 6.54 Å². The van der Waals surface area contributed by atoms with Crippen molar-refractivity contribution in [1.29, 1.82) is 0 Å².